The number of carbonyl (C=O) groups excluding carboxylic acids is 2. The number of amides is 1. The maximum absolute atomic E-state index is 12.6. The van der Waals surface area contributed by atoms with Gasteiger partial charge in [-0.05, 0) is 80.0 Å². The molecule has 1 N–H and O–H groups in total. The first-order valence-corrected chi connectivity index (χ1v) is 14.0. The molecule has 0 radical (unpaired) electrons. The molecule has 1 aromatic carbocycles. The molecule has 1 amide bonds. The number of ether oxygens (including phenoxy) is 1. The number of halogens is 1. The predicted octanol–water partition coefficient (Wildman–Crippen LogP) is 4.32. The highest BCUT2D eigenvalue weighted by Crippen LogP contribution is 2.65. The van der Waals surface area contributed by atoms with Gasteiger partial charge in [-0.15, -0.1) is 0 Å². The molecule has 4 bridgehead atoms. The zero-order valence-corrected chi connectivity index (χ0v) is 21.7. The molecule has 33 heavy (non-hydrogen) atoms. The summed E-state index contributed by atoms with van der Waals surface area (Å²) in [4.78, 5) is 25.0. The van der Waals surface area contributed by atoms with Crippen LogP contribution in [0, 0.1) is 17.3 Å². The fraction of sp³-hybridized carbons (Fsp3) is 0.667. The third-order valence-electron chi connectivity index (χ3n) is 7.48. The number of rotatable bonds is 9. The average Bonchev–Trinajstić information content (AvgIpc) is 2.71. The fourth-order valence-electron chi connectivity index (χ4n) is 6.67. The van der Waals surface area contributed by atoms with E-state index in [1.165, 1.54) is 35.7 Å². The molecule has 4 fully saturated rings. The van der Waals surface area contributed by atoms with Crippen molar-refractivity contribution in [3.63, 3.8) is 0 Å². The molecule has 0 aromatic heterocycles. The normalized spacial score (nSPS) is 30.4. The van der Waals surface area contributed by atoms with Crippen LogP contribution >= 0.6 is 15.9 Å². The number of benzene rings is 1. The number of hydrogen-bond donors (Lipinski definition) is 1. The Morgan fingerprint density at radius 2 is 1.70 bits per heavy atom. The first-order valence-electron chi connectivity index (χ1n) is 11.8. The van der Waals surface area contributed by atoms with Gasteiger partial charge in [0, 0.05) is 23.1 Å². The van der Waals surface area contributed by atoms with Crippen LogP contribution in [0.5, 0.6) is 0 Å². The van der Waals surface area contributed by atoms with Gasteiger partial charge in [-0.1, -0.05) is 29.8 Å². The number of esters is 1. The molecule has 4 saturated carbocycles. The molecular formula is C24H33BrN2O5S. The Morgan fingerprint density at radius 3 is 2.24 bits per heavy atom. The first kappa shape index (κ1) is 24.7. The van der Waals surface area contributed by atoms with Crippen molar-refractivity contribution in [3.8, 4) is 0 Å². The van der Waals surface area contributed by atoms with Crippen molar-refractivity contribution in [3.05, 3.63) is 24.3 Å². The summed E-state index contributed by atoms with van der Waals surface area (Å²) >= 11 is 3.96. The van der Waals surface area contributed by atoms with E-state index < -0.39 is 15.9 Å². The van der Waals surface area contributed by atoms with Crippen molar-refractivity contribution in [2.24, 2.45) is 17.3 Å². The molecule has 0 heterocycles. The van der Waals surface area contributed by atoms with Crippen LogP contribution in [-0.2, 0) is 24.3 Å². The highest BCUT2D eigenvalue weighted by atomic mass is 79.9. The van der Waals surface area contributed by atoms with Gasteiger partial charge in [0.15, 0.2) is 6.61 Å². The van der Waals surface area contributed by atoms with Gasteiger partial charge in [0.05, 0.1) is 11.3 Å². The number of hydrogen-bond acceptors (Lipinski definition) is 5. The summed E-state index contributed by atoms with van der Waals surface area (Å²) in [5, 5.41) is 2.67. The zero-order valence-electron chi connectivity index (χ0n) is 19.3. The van der Waals surface area contributed by atoms with Gasteiger partial charge in [-0.2, -0.15) is 4.31 Å². The lowest BCUT2D eigenvalue weighted by Crippen LogP contribution is -2.53. The number of alkyl halides is 1. The maximum Gasteiger partial charge on any atom is 0.306 e. The number of sulfonamides is 1. The van der Waals surface area contributed by atoms with E-state index in [2.05, 4.69) is 21.2 Å². The lowest BCUT2D eigenvalue weighted by Gasteiger charge is -2.60. The van der Waals surface area contributed by atoms with E-state index in [1.807, 2.05) is 0 Å². The van der Waals surface area contributed by atoms with Gasteiger partial charge in [-0.3, -0.25) is 9.59 Å². The Bertz CT molecular complexity index is 992. The second-order valence-corrected chi connectivity index (χ2v) is 13.7. The summed E-state index contributed by atoms with van der Waals surface area (Å²) in [6.45, 7) is 4.01. The number of anilines is 1. The highest BCUT2D eigenvalue weighted by Gasteiger charge is 2.57. The van der Waals surface area contributed by atoms with E-state index in [4.69, 9.17) is 4.74 Å². The average molecular weight is 542 g/mol. The molecule has 2 unspecified atom stereocenters. The predicted molar refractivity (Wildman–Crippen MR) is 130 cm³/mol. The molecule has 0 saturated heterocycles. The number of nitrogens with zero attached hydrogens (tertiary/aromatic N) is 1. The van der Waals surface area contributed by atoms with Gasteiger partial charge in [0.25, 0.3) is 5.91 Å². The molecule has 2 atom stereocenters. The third-order valence-corrected chi connectivity index (χ3v) is 10.5. The minimum absolute atomic E-state index is 0.00727. The Kier molecular flexibility index (Phi) is 6.95. The van der Waals surface area contributed by atoms with E-state index in [-0.39, 0.29) is 27.2 Å². The Labute approximate surface area is 204 Å². The van der Waals surface area contributed by atoms with Crippen molar-refractivity contribution in [1.82, 2.24) is 4.31 Å². The van der Waals surface area contributed by atoms with E-state index in [1.54, 1.807) is 26.0 Å². The quantitative estimate of drug-likeness (QED) is 0.371. The molecule has 4 aliphatic rings. The highest BCUT2D eigenvalue weighted by molar-refractivity contribution is 9.10. The van der Waals surface area contributed by atoms with Gasteiger partial charge in [0.2, 0.25) is 10.0 Å². The standard InChI is InChI=1S/C24H33BrN2O5S/c1-3-27(4-2)33(30,31)20-7-5-19(6-8-20)26-21(28)15-32-22(29)14-23-10-17-9-18(11-23)13-24(25,12-17)16-23/h5-8,17-18H,3-4,9-16H2,1-2H3,(H,26,28). The summed E-state index contributed by atoms with van der Waals surface area (Å²) in [5.74, 6) is 0.625. The summed E-state index contributed by atoms with van der Waals surface area (Å²) in [5.41, 5.74) is 0.463. The van der Waals surface area contributed by atoms with E-state index in [0.29, 0.717) is 37.0 Å². The smallest absolute Gasteiger partial charge is 0.306 e. The summed E-state index contributed by atoms with van der Waals surface area (Å²) in [7, 11) is -3.55. The Morgan fingerprint density at radius 1 is 1.09 bits per heavy atom. The second kappa shape index (κ2) is 9.30. The molecule has 4 aliphatic carbocycles. The van der Waals surface area contributed by atoms with Crippen molar-refractivity contribution < 1.29 is 22.7 Å². The van der Waals surface area contributed by atoms with Crippen LogP contribution in [0.4, 0.5) is 5.69 Å². The largest absolute Gasteiger partial charge is 0.456 e. The van der Waals surface area contributed by atoms with Crippen molar-refractivity contribution in [2.75, 3.05) is 25.0 Å². The van der Waals surface area contributed by atoms with Crippen molar-refractivity contribution >= 4 is 43.5 Å². The third kappa shape index (κ3) is 5.30. The summed E-state index contributed by atoms with van der Waals surface area (Å²) < 4.78 is 32.0. The lowest BCUT2D eigenvalue weighted by molar-refractivity contribution is -0.153. The van der Waals surface area contributed by atoms with E-state index >= 15 is 0 Å². The minimum Gasteiger partial charge on any atom is -0.456 e. The van der Waals surface area contributed by atoms with Crippen molar-refractivity contribution in [2.45, 2.75) is 68.0 Å². The molecule has 5 rings (SSSR count). The topological polar surface area (TPSA) is 92.8 Å². The maximum atomic E-state index is 12.6. The first-order chi connectivity index (χ1) is 15.6. The lowest BCUT2D eigenvalue weighted by atomic mass is 9.49. The molecular weight excluding hydrogens is 508 g/mol. The second-order valence-electron chi connectivity index (χ2n) is 10.1. The number of carbonyl (C=O) groups is 2. The fourth-order valence-corrected chi connectivity index (χ4v) is 9.63. The molecule has 9 heteroatoms. The molecule has 0 spiro atoms. The minimum atomic E-state index is -3.55. The number of nitrogens with one attached hydrogen (secondary N) is 1. The van der Waals surface area contributed by atoms with Crippen LogP contribution in [0.15, 0.2) is 29.2 Å². The van der Waals surface area contributed by atoms with Gasteiger partial charge < -0.3 is 10.1 Å². The molecule has 7 nitrogen and oxygen atoms in total. The molecule has 182 valence electrons. The van der Waals surface area contributed by atoms with Crippen LogP contribution in [0.1, 0.15) is 58.8 Å². The Balaban J connectivity index is 1.28. The van der Waals surface area contributed by atoms with Gasteiger partial charge >= 0.3 is 5.97 Å². The Hall–Kier alpha value is -1.45. The monoisotopic (exact) mass is 540 g/mol. The van der Waals surface area contributed by atoms with Gasteiger partial charge in [-0.25, -0.2) is 8.42 Å². The molecule has 1 aromatic rings. The van der Waals surface area contributed by atoms with Crippen LogP contribution in [0.3, 0.4) is 0 Å². The van der Waals surface area contributed by atoms with Crippen LogP contribution in [0.2, 0.25) is 0 Å². The zero-order chi connectivity index (χ0) is 23.9. The van der Waals surface area contributed by atoms with Crippen LogP contribution < -0.4 is 5.32 Å². The van der Waals surface area contributed by atoms with E-state index in [0.717, 1.165) is 19.3 Å². The SMILES string of the molecule is CCN(CC)S(=O)(=O)c1ccc(NC(=O)COC(=O)CC23CC4CC(CC(Br)(C4)C2)C3)cc1. The van der Waals surface area contributed by atoms with E-state index in [9.17, 15) is 18.0 Å². The molecule has 0 aliphatic heterocycles. The van der Waals surface area contributed by atoms with Gasteiger partial charge in [0.1, 0.15) is 0 Å². The van der Waals surface area contributed by atoms with Crippen LogP contribution in [-0.4, -0.2) is 48.6 Å². The summed E-state index contributed by atoms with van der Waals surface area (Å²) in [6, 6.07) is 6.03. The van der Waals surface area contributed by atoms with Crippen LogP contribution in [0.25, 0.3) is 0 Å². The summed E-state index contributed by atoms with van der Waals surface area (Å²) in [6.07, 6.45) is 7.24. The van der Waals surface area contributed by atoms with Crippen molar-refractivity contribution in [1.29, 1.82) is 0 Å².